The highest BCUT2D eigenvalue weighted by Crippen LogP contribution is 2.33. The number of nitrogens with zero attached hydrogens (tertiary/aromatic N) is 1. The lowest BCUT2D eigenvalue weighted by molar-refractivity contribution is -0.155. The van der Waals surface area contributed by atoms with Crippen molar-refractivity contribution in [1.29, 1.82) is 0 Å². The van der Waals surface area contributed by atoms with Gasteiger partial charge in [-0.05, 0) is 47.9 Å². The maximum Gasteiger partial charge on any atom is 0.412 e. The summed E-state index contributed by atoms with van der Waals surface area (Å²) >= 11 is 0. The SMILES string of the molecule is O=C1CC[C@@H](N2Cc3cc(C(=O)N[C@H](c4ccc(F)cc4)C(F)(F)F)ccc3C2=O)C(=O)N1. The van der Waals surface area contributed by atoms with Gasteiger partial charge in [-0.1, -0.05) is 12.1 Å². The normalized spacial score (nSPS) is 19.2. The first kappa shape index (κ1) is 22.4. The number of halogens is 4. The number of carbonyl (C=O) groups excluding carboxylic acids is 4. The van der Waals surface area contributed by atoms with E-state index in [0.717, 1.165) is 24.3 Å². The van der Waals surface area contributed by atoms with Crippen LogP contribution in [0.15, 0.2) is 42.5 Å². The average Bonchev–Trinajstić information content (AvgIpc) is 3.07. The number of benzene rings is 2. The Labute approximate surface area is 184 Å². The molecule has 7 nitrogen and oxygen atoms in total. The minimum Gasteiger partial charge on any atom is -0.337 e. The predicted molar refractivity (Wildman–Crippen MR) is 105 cm³/mol. The van der Waals surface area contributed by atoms with Crippen molar-refractivity contribution in [3.05, 3.63) is 70.5 Å². The van der Waals surface area contributed by atoms with Crippen molar-refractivity contribution < 1.29 is 36.7 Å². The van der Waals surface area contributed by atoms with Crippen molar-refractivity contribution >= 4 is 23.6 Å². The first-order chi connectivity index (χ1) is 15.5. The summed E-state index contributed by atoms with van der Waals surface area (Å²) < 4.78 is 53.8. The lowest BCUT2D eigenvalue weighted by atomic mass is 10.0. The van der Waals surface area contributed by atoms with E-state index in [1.54, 1.807) is 0 Å². The second-order valence-electron chi connectivity index (χ2n) is 7.77. The third kappa shape index (κ3) is 4.43. The fraction of sp³-hybridized carbons (Fsp3) is 0.273. The standard InChI is InChI=1S/C22H17F4N3O4/c23-14-4-1-11(2-5-14)18(22(24,25)26)28-19(31)12-3-6-15-13(9-12)10-29(21(15)33)16-7-8-17(30)27-20(16)32/h1-6,9,16,18H,7-8,10H2,(H,28,31)(H,27,30,32)/t16-,18-/m1/s1. The van der Waals surface area contributed by atoms with Crippen LogP contribution in [0, 0.1) is 5.82 Å². The van der Waals surface area contributed by atoms with E-state index in [-0.39, 0.29) is 36.1 Å². The number of fused-ring (bicyclic) bond motifs is 1. The molecule has 0 bridgehead atoms. The minimum atomic E-state index is -4.83. The molecule has 1 saturated heterocycles. The highest BCUT2D eigenvalue weighted by Gasteiger charge is 2.43. The van der Waals surface area contributed by atoms with Crippen molar-refractivity contribution in [2.45, 2.75) is 37.6 Å². The van der Waals surface area contributed by atoms with Crippen LogP contribution in [0.5, 0.6) is 0 Å². The number of rotatable bonds is 4. The molecule has 2 aliphatic heterocycles. The smallest absolute Gasteiger partial charge is 0.337 e. The molecule has 0 aliphatic carbocycles. The van der Waals surface area contributed by atoms with Crippen LogP contribution in [-0.2, 0) is 16.1 Å². The van der Waals surface area contributed by atoms with Crippen molar-refractivity contribution in [1.82, 2.24) is 15.5 Å². The molecular weight excluding hydrogens is 446 g/mol. The molecule has 4 rings (SSSR count). The monoisotopic (exact) mass is 463 g/mol. The molecule has 2 aromatic rings. The van der Waals surface area contributed by atoms with Gasteiger partial charge in [0.15, 0.2) is 6.04 Å². The quantitative estimate of drug-likeness (QED) is 0.538. The largest absolute Gasteiger partial charge is 0.412 e. The molecule has 2 aromatic carbocycles. The second-order valence-corrected chi connectivity index (χ2v) is 7.77. The Balaban J connectivity index is 1.54. The molecule has 33 heavy (non-hydrogen) atoms. The number of nitrogens with one attached hydrogen (secondary N) is 2. The maximum atomic E-state index is 13.6. The zero-order valence-corrected chi connectivity index (χ0v) is 16.9. The van der Waals surface area contributed by atoms with E-state index in [9.17, 15) is 36.7 Å². The molecule has 172 valence electrons. The summed E-state index contributed by atoms with van der Waals surface area (Å²) in [5.41, 5.74) is 0.158. The molecular formula is C22H17F4N3O4. The van der Waals surface area contributed by atoms with Gasteiger partial charge in [-0.2, -0.15) is 13.2 Å². The molecule has 0 radical (unpaired) electrons. The summed E-state index contributed by atoms with van der Waals surface area (Å²) in [5.74, 6) is -3.24. The van der Waals surface area contributed by atoms with E-state index in [2.05, 4.69) is 5.32 Å². The van der Waals surface area contributed by atoms with Crippen molar-refractivity contribution in [3.8, 4) is 0 Å². The molecule has 2 aliphatic rings. The van der Waals surface area contributed by atoms with Crippen LogP contribution in [0.3, 0.4) is 0 Å². The molecule has 11 heteroatoms. The molecule has 1 fully saturated rings. The fourth-order valence-electron chi connectivity index (χ4n) is 3.94. The molecule has 0 spiro atoms. The van der Waals surface area contributed by atoms with Crippen LogP contribution in [0.2, 0.25) is 0 Å². The van der Waals surface area contributed by atoms with E-state index < -0.39 is 47.7 Å². The number of piperidine rings is 1. The summed E-state index contributed by atoms with van der Waals surface area (Å²) in [7, 11) is 0. The number of imide groups is 1. The first-order valence-corrected chi connectivity index (χ1v) is 9.95. The van der Waals surface area contributed by atoms with Crippen molar-refractivity contribution in [3.63, 3.8) is 0 Å². The summed E-state index contributed by atoms with van der Waals surface area (Å²) in [4.78, 5) is 50.1. The van der Waals surface area contributed by atoms with E-state index in [4.69, 9.17) is 0 Å². The van der Waals surface area contributed by atoms with Gasteiger partial charge in [0.05, 0.1) is 0 Å². The zero-order valence-electron chi connectivity index (χ0n) is 16.9. The predicted octanol–water partition coefficient (Wildman–Crippen LogP) is 2.62. The van der Waals surface area contributed by atoms with Gasteiger partial charge in [-0.25, -0.2) is 4.39 Å². The summed E-state index contributed by atoms with van der Waals surface area (Å²) in [6.07, 6.45) is -4.60. The topological polar surface area (TPSA) is 95.6 Å². The fourth-order valence-corrected chi connectivity index (χ4v) is 3.94. The van der Waals surface area contributed by atoms with Crippen LogP contribution < -0.4 is 10.6 Å². The second kappa shape index (κ2) is 8.30. The molecule has 0 saturated carbocycles. The Hall–Kier alpha value is -3.76. The van der Waals surface area contributed by atoms with Crippen molar-refractivity contribution in [2.75, 3.05) is 0 Å². The number of carbonyl (C=O) groups is 4. The molecule has 2 heterocycles. The average molecular weight is 463 g/mol. The van der Waals surface area contributed by atoms with Crippen molar-refractivity contribution in [2.24, 2.45) is 0 Å². The van der Waals surface area contributed by atoms with Gasteiger partial charge >= 0.3 is 6.18 Å². The highest BCUT2D eigenvalue weighted by atomic mass is 19.4. The molecule has 0 aromatic heterocycles. The maximum absolute atomic E-state index is 13.6. The van der Waals surface area contributed by atoms with E-state index >= 15 is 0 Å². The Morgan fingerprint density at radius 1 is 1.09 bits per heavy atom. The van der Waals surface area contributed by atoms with Gasteiger partial charge in [0, 0.05) is 24.1 Å². The molecule has 0 unspecified atom stereocenters. The Kier molecular flexibility index (Phi) is 5.64. The third-order valence-electron chi connectivity index (χ3n) is 5.59. The lowest BCUT2D eigenvalue weighted by Gasteiger charge is -2.29. The van der Waals surface area contributed by atoms with Crippen LogP contribution in [-0.4, -0.2) is 40.7 Å². The first-order valence-electron chi connectivity index (χ1n) is 9.95. The summed E-state index contributed by atoms with van der Waals surface area (Å²) in [6.45, 7) is -0.0256. The Bertz CT molecular complexity index is 1150. The van der Waals surface area contributed by atoms with Crippen LogP contribution >= 0.6 is 0 Å². The van der Waals surface area contributed by atoms with Crippen LogP contribution in [0.25, 0.3) is 0 Å². The molecule has 2 atom stereocenters. The van der Waals surface area contributed by atoms with E-state index in [1.165, 1.54) is 23.1 Å². The number of hydrogen-bond acceptors (Lipinski definition) is 4. The summed E-state index contributed by atoms with van der Waals surface area (Å²) in [5, 5.41) is 4.08. The van der Waals surface area contributed by atoms with Gasteiger partial charge in [-0.15, -0.1) is 0 Å². The molecule has 4 amide bonds. The van der Waals surface area contributed by atoms with Gasteiger partial charge < -0.3 is 10.2 Å². The molecule has 2 N–H and O–H groups in total. The Morgan fingerprint density at radius 2 is 1.79 bits per heavy atom. The van der Waals surface area contributed by atoms with Gasteiger partial charge in [0.1, 0.15) is 11.9 Å². The number of hydrogen-bond donors (Lipinski definition) is 2. The van der Waals surface area contributed by atoms with Crippen LogP contribution in [0.1, 0.15) is 50.7 Å². The van der Waals surface area contributed by atoms with E-state index in [1.807, 2.05) is 5.32 Å². The Morgan fingerprint density at radius 3 is 2.42 bits per heavy atom. The zero-order chi connectivity index (χ0) is 23.9. The number of amides is 4. The third-order valence-corrected chi connectivity index (χ3v) is 5.59. The minimum absolute atomic E-state index is 0.0256. The van der Waals surface area contributed by atoms with Crippen LogP contribution in [0.4, 0.5) is 17.6 Å². The number of alkyl halides is 3. The van der Waals surface area contributed by atoms with Gasteiger partial charge in [0.2, 0.25) is 11.8 Å². The van der Waals surface area contributed by atoms with Gasteiger partial charge in [0.25, 0.3) is 11.8 Å². The highest BCUT2D eigenvalue weighted by molar-refractivity contribution is 6.06. The van der Waals surface area contributed by atoms with E-state index in [0.29, 0.717) is 5.56 Å². The van der Waals surface area contributed by atoms with Gasteiger partial charge in [-0.3, -0.25) is 24.5 Å². The summed E-state index contributed by atoms with van der Waals surface area (Å²) in [6, 6.07) is 4.23. The lowest BCUT2D eigenvalue weighted by Crippen LogP contribution is -2.52.